The van der Waals surface area contributed by atoms with Crippen molar-refractivity contribution in [2.24, 2.45) is 0 Å². The Bertz CT molecular complexity index is 1040. The molecule has 29 heavy (non-hydrogen) atoms. The van der Waals surface area contributed by atoms with Crippen LogP contribution < -0.4 is 10.5 Å². The third-order valence-electron chi connectivity index (χ3n) is 4.06. The van der Waals surface area contributed by atoms with Crippen LogP contribution in [0.3, 0.4) is 0 Å². The zero-order valence-electron chi connectivity index (χ0n) is 16.4. The van der Waals surface area contributed by atoms with Gasteiger partial charge in [0.2, 0.25) is 5.91 Å². The molecule has 0 saturated heterocycles. The van der Waals surface area contributed by atoms with Gasteiger partial charge in [0.05, 0.1) is 12.7 Å². The van der Waals surface area contributed by atoms with E-state index < -0.39 is 11.2 Å². The van der Waals surface area contributed by atoms with Gasteiger partial charge in [-0.1, -0.05) is 23.9 Å². The highest BCUT2D eigenvalue weighted by molar-refractivity contribution is 8.01. The van der Waals surface area contributed by atoms with E-state index in [1.165, 1.54) is 33.0 Å². The minimum Gasteiger partial charge on any atom is -0.497 e. The van der Waals surface area contributed by atoms with E-state index in [0.29, 0.717) is 16.9 Å². The molecule has 0 aliphatic heterocycles. The Morgan fingerprint density at radius 3 is 2.21 bits per heavy atom. The molecule has 0 spiro atoms. The third-order valence-corrected chi connectivity index (χ3v) is 5.35. The minimum atomic E-state index is -1.08. The fourth-order valence-electron chi connectivity index (χ4n) is 2.58. The summed E-state index contributed by atoms with van der Waals surface area (Å²) in [6.07, 6.45) is 0. The lowest BCUT2D eigenvalue weighted by Gasteiger charge is -2.19. The molecular formula is C20H19N5O3S. The molecule has 1 amide bonds. The van der Waals surface area contributed by atoms with Crippen LogP contribution in [0.25, 0.3) is 11.1 Å². The predicted octanol–water partition coefficient (Wildman–Crippen LogP) is 2.22. The second-order valence-electron chi connectivity index (χ2n) is 6.22. The van der Waals surface area contributed by atoms with Crippen LogP contribution in [0.5, 0.6) is 5.75 Å². The van der Waals surface area contributed by atoms with Crippen molar-refractivity contribution in [1.29, 1.82) is 10.5 Å². The molecule has 2 aromatic rings. The molecule has 0 aliphatic carbocycles. The second-order valence-corrected chi connectivity index (χ2v) is 7.31. The molecule has 9 heteroatoms. The van der Waals surface area contributed by atoms with E-state index >= 15 is 0 Å². The Morgan fingerprint density at radius 1 is 1.17 bits per heavy atom. The first kappa shape index (κ1) is 21.7. The van der Waals surface area contributed by atoms with Crippen molar-refractivity contribution in [3.63, 3.8) is 0 Å². The minimum absolute atomic E-state index is 0.0503. The number of nitrogens with zero attached hydrogens (tertiary/aromatic N) is 4. The van der Waals surface area contributed by atoms with Crippen molar-refractivity contribution in [3.8, 4) is 29.0 Å². The molecule has 1 unspecified atom stereocenters. The van der Waals surface area contributed by atoms with Crippen molar-refractivity contribution < 1.29 is 14.3 Å². The lowest BCUT2D eigenvalue weighted by atomic mass is 9.97. The van der Waals surface area contributed by atoms with Gasteiger partial charge in [0.1, 0.15) is 39.5 Å². The van der Waals surface area contributed by atoms with Crippen LogP contribution in [0.1, 0.15) is 18.1 Å². The Hall–Kier alpha value is -3.56. The van der Waals surface area contributed by atoms with E-state index in [0.717, 1.165) is 11.8 Å². The molecule has 0 radical (unpaired) electrons. The largest absolute Gasteiger partial charge is 0.497 e. The van der Waals surface area contributed by atoms with E-state index in [4.69, 9.17) is 10.5 Å². The van der Waals surface area contributed by atoms with Crippen molar-refractivity contribution in [3.05, 3.63) is 35.4 Å². The fourth-order valence-corrected chi connectivity index (χ4v) is 3.70. The summed E-state index contributed by atoms with van der Waals surface area (Å²) >= 11 is 0.846. The molecule has 0 aliphatic rings. The van der Waals surface area contributed by atoms with Crippen molar-refractivity contribution in [1.82, 2.24) is 9.88 Å². The number of thioether (sulfide) groups is 1. The van der Waals surface area contributed by atoms with Gasteiger partial charge in [-0.2, -0.15) is 10.5 Å². The predicted molar refractivity (Wildman–Crippen MR) is 109 cm³/mol. The molecule has 0 fully saturated rings. The summed E-state index contributed by atoms with van der Waals surface area (Å²) in [5.74, 6) is -0.287. The standard InChI is InChI=1S/C20H19N5O3S/c1-11(26)17(20(27)25(2)3)29-19-15(10-22)16(14(9-21)18(23)24-19)12-5-7-13(28-4)8-6-12/h5-8,17H,1-4H3,(H2,23,24). The molecule has 2 N–H and O–H groups in total. The normalized spacial score (nSPS) is 11.1. The monoisotopic (exact) mass is 409 g/mol. The molecule has 1 atom stereocenters. The number of anilines is 1. The maximum absolute atomic E-state index is 12.4. The molecule has 1 heterocycles. The SMILES string of the molecule is COc1ccc(-c2c(C#N)c(N)nc(SC(C(C)=O)C(=O)N(C)C)c2C#N)cc1. The Labute approximate surface area is 172 Å². The number of hydrogen-bond donors (Lipinski definition) is 1. The molecule has 1 aromatic heterocycles. The lowest BCUT2D eigenvalue weighted by molar-refractivity contribution is -0.132. The Morgan fingerprint density at radius 2 is 1.76 bits per heavy atom. The second kappa shape index (κ2) is 9.09. The van der Waals surface area contributed by atoms with Crippen LogP contribution in [0.15, 0.2) is 29.3 Å². The fraction of sp³-hybridized carbons (Fsp3) is 0.250. The zero-order chi connectivity index (χ0) is 21.7. The van der Waals surface area contributed by atoms with Gasteiger partial charge in [-0.05, 0) is 24.6 Å². The van der Waals surface area contributed by atoms with Crippen LogP contribution in [-0.2, 0) is 9.59 Å². The maximum Gasteiger partial charge on any atom is 0.243 e. The number of nitrogen functional groups attached to an aromatic ring is 1. The number of carbonyl (C=O) groups is 2. The van der Waals surface area contributed by atoms with Crippen LogP contribution in [0, 0.1) is 22.7 Å². The van der Waals surface area contributed by atoms with Gasteiger partial charge < -0.3 is 15.4 Å². The number of hydrogen-bond acceptors (Lipinski definition) is 8. The van der Waals surface area contributed by atoms with E-state index in [9.17, 15) is 20.1 Å². The molecule has 1 aromatic carbocycles. The molecule has 2 rings (SSSR count). The number of nitrogens with two attached hydrogens (primary N) is 1. The number of amides is 1. The van der Waals surface area contributed by atoms with Gasteiger partial charge in [-0.3, -0.25) is 9.59 Å². The topological polar surface area (TPSA) is 133 Å². The summed E-state index contributed by atoms with van der Waals surface area (Å²) in [5, 5.41) is 18.4. The van der Waals surface area contributed by atoms with Gasteiger partial charge in [0.15, 0.2) is 5.78 Å². The summed E-state index contributed by atoms with van der Waals surface area (Å²) in [6, 6.07) is 10.8. The van der Waals surface area contributed by atoms with E-state index in [2.05, 4.69) is 4.98 Å². The number of benzene rings is 1. The molecule has 8 nitrogen and oxygen atoms in total. The summed E-state index contributed by atoms with van der Waals surface area (Å²) in [5.41, 5.74) is 6.96. The van der Waals surface area contributed by atoms with Crippen LogP contribution in [-0.4, -0.2) is 48.0 Å². The quantitative estimate of drug-likeness (QED) is 0.567. The molecule has 0 saturated carbocycles. The van der Waals surface area contributed by atoms with Crippen LogP contribution >= 0.6 is 11.8 Å². The van der Waals surface area contributed by atoms with Crippen molar-refractivity contribution >= 4 is 29.3 Å². The van der Waals surface area contributed by atoms with Crippen LogP contribution in [0.2, 0.25) is 0 Å². The number of ketones is 1. The number of pyridine rings is 1. The number of Topliss-reactive ketones (excluding diaryl/α,β-unsaturated/α-hetero) is 1. The summed E-state index contributed by atoms with van der Waals surface area (Å²) in [7, 11) is 4.60. The van der Waals surface area contributed by atoms with E-state index in [1.807, 2.05) is 12.1 Å². The first-order valence-corrected chi connectivity index (χ1v) is 9.29. The molecule has 0 bridgehead atoms. The van der Waals surface area contributed by atoms with Gasteiger partial charge in [-0.25, -0.2) is 4.98 Å². The average molecular weight is 409 g/mol. The van der Waals surface area contributed by atoms with E-state index in [1.54, 1.807) is 24.3 Å². The first-order chi connectivity index (χ1) is 13.7. The number of aromatic nitrogens is 1. The molecule has 148 valence electrons. The van der Waals surface area contributed by atoms with E-state index in [-0.39, 0.29) is 27.8 Å². The van der Waals surface area contributed by atoms with Gasteiger partial charge in [0.25, 0.3) is 0 Å². The summed E-state index contributed by atoms with van der Waals surface area (Å²) in [6.45, 7) is 1.29. The lowest BCUT2D eigenvalue weighted by Crippen LogP contribution is -2.36. The highest BCUT2D eigenvalue weighted by Crippen LogP contribution is 2.37. The highest BCUT2D eigenvalue weighted by Gasteiger charge is 2.30. The Kier molecular flexibility index (Phi) is 6.81. The summed E-state index contributed by atoms with van der Waals surface area (Å²) in [4.78, 5) is 29.9. The van der Waals surface area contributed by atoms with Gasteiger partial charge in [0, 0.05) is 19.7 Å². The smallest absolute Gasteiger partial charge is 0.243 e. The number of ether oxygens (including phenoxy) is 1. The number of rotatable bonds is 6. The van der Waals surface area contributed by atoms with Crippen molar-refractivity contribution in [2.75, 3.05) is 26.9 Å². The number of carbonyl (C=O) groups excluding carboxylic acids is 2. The van der Waals surface area contributed by atoms with Crippen LogP contribution in [0.4, 0.5) is 5.82 Å². The van der Waals surface area contributed by atoms with Gasteiger partial charge >= 0.3 is 0 Å². The number of nitriles is 2. The van der Waals surface area contributed by atoms with Crippen molar-refractivity contribution in [2.45, 2.75) is 17.2 Å². The average Bonchev–Trinajstić information content (AvgIpc) is 2.70. The van der Waals surface area contributed by atoms with Gasteiger partial charge in [-0.15, -0.1) is 0 Å². The molecular weight excluding hydrogens is 390 g/mol. The first-order valence-electron chi connectivity index (χ1n) is 8.41. The highest BCUT2D eigenvalue weighted by atomic mass is 32.2. The zero-order valence-corrected chi connectivity index (χ0v) is 17.2. The third kappa shape index (κ3) is 4.48. The maximum atomic E-state index is 12.4. The Balaban J connectivity index is 2.70. The number of methoxy groups -OCH3 is 1. The summed E-state index contributed by atoms with van der Waals surface area (Å²) < 4.78 is 5.14.